The molecule has 9 heteroatoms. The zero-order chi connectivity index (χ0) is 21.8. The predicted octanol–water partition coefficient (Wildman–Crippen LogP) is 3.94. The molecule has 2 aromatic carbocycles. The Hall–Kier alpha value is -3.49. The second-order valence-corrected chi connectivity index (χ2v) is 7.37. The van der Waals surface area contributed by atoms with Crippen molar-refractivity contribution in [2.24, 2.45) is 5.92 Å². The van der Waals surface area contributed by atoms with Gasteiger partial charge in [-0.25, -0.2) is 9.18 Å². The van der Waals surface area contributed by atoms with Gasteiger partial charge >= 0.3 is 5.76 Å². The van der Waals surface area contributed by atoms with E-state index in [1.54, 1.807) is 12.1 Å². The third-order valence-corrected chi connectivity index (χ3v) is 4.86. The summed E-state index contributed by atoms with van der Waals surface area (Å²) in [6, 6.07) is 9.73. The average molecular weight is 415 g/mol. The average Bonchev–Trinajstić information content (AvgIpc) is 3.01. The number of aryl methyl sites for hydroxylation is 1. The topological polar surface area (TPSA) is 107 Å². The molecule has 3 rings (SSSR count). The minimum Gasteiger partial charge on any atom is -0.407 e. The van der Waals surface area contributed by atoms with Crippen LogP contribution in [-0.4, -0.2) is 15.4 Å². The third-order valence-electron chi connectivity index (χ3n) is 4.86. The standard InChI is InChI=1S/C21H22FN3O5/c1-13(2)20(14-5-7-15(22)8-6-14)23-19(26)4-3-11-24-17-10-9-16(25(28)29)12-18(17)30-21(24)27/h5-10,12-13,20H,3-4,11H2,1-2H3,(H,23,26). The molecule has 1 unspecified atom stereocenters. The monoisotopic (exact) mass is 415 g/mol. The second kappa shape index (κ2) is 8.89. The van der Waals surface area contributed by atoms with Crippen molar-refractivity contribution in [2.45, 2.75) is 39.3 Å². The lowest BCUT2D eigenvalue weighted by Gasteiger charge is -2.23. The predicted molar refractivity (Wildman–Crippen MR) is 108 cm³/mol. The van der Waals surface area contributed by atoms with Crippen molar-refractivity contribution in [1.29, 1.82) is 0 Å². The number of nitrogens with one attached hydrogen (secondary N) is 1. The van der Waals surface area contributed by atoms with Crippen molar-refractivity contribution in [3.05, 3.63) is 74.5 Å². The van der Waals surface area contributed by atoms with Crippen LogP contribution in [0.2, 0.25) is 0 Å². The van der Waals surface area contributed by atoms with E-state index in [4.69, 9.17) is 4.42 Å². The zero-order valence-electron chi connectivity index (χ0n) is 16.6. The highest BCUT2D eigenvalue weighted by Gasteiger charge is 2.19. The van der Waals surface area contributed by atoms with E-state index in [1.807, 2.05) is 13.8 Å². The van der Waals surface area contributed by atoms with E-state index in [1.165, 1.54) is 34.9 Å². The first-order valence-electron chi connectivity index (χ1n) is 9.59. The Morgan fingerprint density at radius 1 is 1.23 bits per heavy atom. The molecule has 0 spiro atoms. The summed E-state index contributed by atoms with van der Waals surface area (Å²) in [5.41, 5.74) is 1.23. The molecule has 3 aromatic rings. The molecule has 1 aromatic heterocycles. The lowest BCUT2D eigenvalue weighted by molar-refractivity contribution is -0.384. The van der Waals surface area contributed by atoms with E-state index in [-0.39, 0.29) is 47.9 Å². The smallest absolute Gasteiger partial charge is 0.407 e. The summed E-state index contributed by atoms with van der Waals surface area (Å²) in [7, 11) is 0. The van der Waals surface area contributed by atoms with Gasteiger partial charge in [-0.2, -0.15) is 0 Å². The van der Waals surface area contributed by atoms with Gasteiger partial charge in [0.2, 0.25) is 5.91 Å². The van der Waals surface area contributed by atoms with Gasteiger partial charge < -0.3 is 9.73 Å². The van der Waals surface area contributed by atoms with Crippen molar-refractivity contribution in [1.82, 2.24) is 9.88 Å². The van der Waals surface area contributed by atoms with Crippen LogP contribution in [0.25, 0.3) is 11.1 Å². The number of aromatic nitrogens is 1. The van der Waals surface area contributed by atoms with Crippen LogP contribution < -0.4 is 11.1 Å². The Balaban J connectivity index is 1.63. The Bertz CT molecular complexity index is 1120. The van der Waals surface area contributed by atoms with E-state index < -0.39 is 10.7 Å². The number of halogens is 1. The first-order chi connectivity index (χ1) is 14.3. The maximum Gasteiger partial charge on any atom is 0.419 e. The quantitative estimate of drug-likeness (QED) is 0.443. The van der Waals surface area contributed by atoms with Crippen LogP contribution in [0.4, 0.5) is 10.1 Å². The largest absolute Gasteiger partial charge is 0.419 e. The molecule has 0 bridgehead atoms. The van der Waals surface area contributed by atoms with Crippen LogP contribution in [-0.2, 0) is 11.3 Å². The van der Waals surface area contributed by atoms with Gasteiger partial charge in [-0.05, 0) is 36.1 Å². The van der Waals surface area contributed by atoms with Crippen molar-refractivity contribution in [2.75, 3.05) is 0 Å². The second-order valence-electron chi connectivity index (χ2n) is 7.37. The van der Waals surface area contributed by atoms with Gasteiger partial charge in [0.05, 0.1) is 22.5 Å². The molecule has 158 valence electrons. The SMILES string of the molecule is CC(C)C(NC(=O)CCCn1c(=O)oc2cc([N+](=O)[O-])ccc21)c1ccc(F)cc1. The fraction of sp³-hybridized carbons (Fsp3) is 0.333. The summed E-state index contributed by atoms with van der Waals surface area (Å²) in [6.45, 7) is 4.16. The number of rotatable bonds is 8. The van der Waals surface area contributed by atoms with Crippen LogP contribution >= 0.6 is 0 Å². The van der Waals surface area contributed by atoms with E-state index in [0.29, 0.717) is 11.9 Å². The molecule has 1 atom stereocenters. The summed E-state index contributed by atoms with van der Waals surface area (Å²) < 4.78 is 19.6. The molecule has 0 saturated heterocycles. The van der Waals surface area contributed by atoms with Gasteiger partial charge in [0.1, 0.15) is 5.82 Å². The van der Waals surface area contributed by atoms with Crippen LogP contribution in [0.15, 0.2) is 51.7 Å². The molecular weight excluding hydrogens is 393 g/mol. The van der Waals surface area contributed by atoms with E-state index in [0.717, 1.165) is 5.56 Å². The first-order valence-corrected chi connectivity index (χ1v) is 9.59. The molecule has 0 saturated carbocycles. The van der Waals surface area contributed by atoms with Crippen molar-refractivity contribution in [3.63, 3.8) is 0 Å². The Kier molecular flexibility index (Phi) is 6.29. The Morgan fingerprint density at radius 2 is 1.93 bits per heavy atom. The number of amides is 1. The van der Waals surface area contributed by atoms with Gasteiger partial charge in [0, 0.05) is 19.0 Å². The number of non-ortho nitro benzene ring substituents is 1. The summed E-state index contributed by atoms with van der Waals surface area (Å²) in [4.78, 5) is 34.8. The number of nitro benzene ring substituents is 1. The first kappa shape index (κ1) is 21.2. The molecule has 0 radical (unpaired) electrons. The van der Waals surface area contributed by atoms with Crippen LogP contribution in [0.3, 0.4) is 0 Å². The van der Waals surface area contributed by atoms with Crippen LogP contribution in [0.1, 0.15) is 38.3 Å². The van der Waals surface area contributed by atoms with Crippen LogP contribution in [0.5, 0.6) is 0 Å². The highest BCUT2D eigenvalue weighted by molar-refractivity contribution is 5.77. The van der Waals surface area contributed by atoms with Gasteiger partial charge in [-0.15, -0.1) is 0 Å². The number of oxazole rings is 1. The summed E-state index contributed by atoms with van der Waals surface area (Å²) in [5, 5.41) is 13.8. The molecule has 30 heavy (non-hydrogen) atoms. The Labute approximate surface area is 171 Å². The highest BCUT2D eigenvalue weighted by Crippen LogP contribution is 2.23. The summed E-state index contributed by atoms with van der Waals surface area (Å²) >= 11 is 0. The third kappa shape index (κ3) is 4.73. The van der Waals surface area contributed by atoms with Gasteiger partial charge in [-0.1, -0.05) is 26.0 Å². The summed E-state index contributed by atoms with van der Waals surface area (Å²) in [6.07, 6.45) is 0.558. The minimum absolute atomic E-state index is 0.107. The van der Waals surface area contributed by atoms with Crippen molar-refractivity contribution < 1.29 is 18.5 Å². The number of fused-ring (bicyclic) bond motifs is 1. The minimum atomic E-state index is -0.628. The number of hydrogen-bond acceptors (Lipinski definition) is 5. The summed E-state index contributed by atoms with van der Waals surface area (Å²) in [5.74, 6) is -1.04. The number of carbonyl (C=O) groups excluding carboxylic acids is 1. The Morgan fingerprint density at radius 3 is 2.57 bits per heavy atom. The van der Waals surface area contributed by atoms with Crippen molar-refractivity contribution in [3.8, 4) is 0 Å². The molecule has 1 N–H and O–H groups in total. The van der Waals surface area contributed by atoms with E-state index >= 15 is 0 Å². The molecule has 0 aliphatic carbocycles. The van der Waals surface area contributed by atoms with Crippen molar-refractivity contribution >= 4 is 22.7 Å². The lowest BCUT2D eigenvalue weighted by Crippen LogP contribution is -2.31. The number of benzene rings is 2. The van der Waals surface area contributed by atoms with E-state index in [9.17, 15) is 24.1 Å². The normalized spacial score (nSPS) is 12.3. The maximum absolute atomic E-state index is 13.2. The van der Waals surface area contributed by atoms with E-state index in [2.05, 4.69) is 5.32 Å². The number of hydrogen-bond donors (Lipinski definition) is 1. The molecule has 8 nitrogen and oxygen atoms in total. The molecule has 1 amide bonds. The number of nitrogens with zero attached hydrogens (tertiary/aromatic N) is 2. The van der Waals surface area contributed by atoms with Crippen LogP contribution in [0, 0.1) is 21.8 Å². The van der Waals surface area contributed by atoms with Gasteiger partial charge in [0.15, 0.2) is 5.58 Å². The fourth-order valence-electron chi connectivity index (χ4n) is 3.33. The number of nitro groups is 1. The molecule has 0 fully saturated rings. The van der Waals surface area contributed by atoms with Gasteiger partial charge in [0.25, 0.3) is 5.69 Å². The zero-order valence-corrected chi connectivity index (χ0v) is 16.6. The maximum atomic E-state index is 13.2. The molecule has 0 aliphatic heterocycles. The number of carbonyl (C=O) groups is 1. The lowest BCUT2D eigenvalue weighted by atomic mass is 9.96. The fourth-order valence-corrected chi connectivity index (χ4v) is 3.33. The molecule has 0 aliphatic rings. The highest BCUT2D eigenvalue weighted by atomic mass is 19.1. The van der Waals surface area contributed by atoms with Gasteiger partial charge in [-0.3, -0.25) is 19.5 Å². The molecule has 1 heterocycles. The molecular formula is C21H22FN3O5.